The Balaban J connectivity index is 1.49. The highest BCUT2D eigenvalue weighted by Crippen LogP contribution is 2.22. The molecule has 0 spiro atoms. The zero-order chi connectivity index (χ0) is 20.1. The van der Waals surface area contributed by atoms with Gasteiger partial charge < -0.3 is 5.32 Å². The van der Waals surface area contributed by atoms with Crippen LogP contribution in [0.15, 0.2) is 48.5 Å². The normalized spacial score (nSPS) is 16.1. The molecule has 150 valence electrons. The van der Waals surface area contributed by atoms with Crippen molar-refractivity contribution in [2.75, 3.05) is 13.1 Å². The van der Waals surface area contributed by atoms with Crippen LogP contribution in [0.2, 0.25) is 10.0 Å². The third kappa shape index (κ3) is 5.70. The monoisotopic (exact) mass is 440 g/mol. The summed E-state index contributed by atoms with van der Waals surface area (Å²) in [5, 5.41) is 4.15. The average Bonchev–Trinajstić information content (AvgIpc) is 2.69. The van der Waals surface area contributed by atoms with Gasteiger partial charge in [-0.3, -0.25) is 4.79 Å². The van der Waals surface area contributed by atoms with Crippen LogP contribution >= 0.6 is 23.2 Å². The average molecular weight is 441 g/mol. The number of carbonyl (C=O) groups is 1. The van der Waals surface area contributed by atoms with Gasteiger partial charge in [0.05, 0.1) is 5.75 Å². The lowest BCUT2D eigenvalue weighted by Gasteiger charge is -2.30. The van der Waals surface area contributed by atoms with Crippen molar-refractivity contribution in [1.82, 2.24) is 9.62 Å². The standard InChI is InChI=1S/C20H22Cl2N2O3S/c21-18-5-1-15(2-6-18)13-23-20(25)17-9-11-24(12-10-17)28(26,27)14-16-3-7-19(22)8-4-16/h1-8,17H,9-14H2,(H,23,25). The molecule has 0 saturated carbocycles. The van der Waals surface area contributed by atoms with E-state index in [0.717, 1.165) is 5.56 Å². The summed E-state index contributed by atoms with van der Waals surface area (Å²) < 4.78 is 26.7. The number of benzene rings is 2. The Morgan fingerprint density at radius 2 is 1.43 bits per heavy atom. The van der Waals surface area contributed by atoms with Gasteiger partial charge in [-0.1, -0.05) is 47.5 Å². The van der Waals surface area contributed by atoms with Crippen LogP contribution < -0.4 is 5.32 Å². The van der Waals surface area contributed by atoms with Crippen molar-refractivity contribution >= 4 is 39.1 Å². The highest BCUT2D eigenvalue weighted by Gasteiger charge is 2.31. The molecule has 2 aromatic rings. The molecule has 0 atom stereocenters. The number of sulfonamides is 1. The number of piperidine rings is 1. The summed E-state index contributed by atoms with van der Waals surface area (Å²) in [5.74, 6) is -0.267. The first-order chi connectivity index (χ1) is 13.3. The predicted molar refractivity (Wildman–Crippen MR) is 112 cm³/mol. The molecule has 1 amide bonds. The smallest absolute Gasteiger partial charge is 0.223 e. The van der Waals surface area contributed by atoms with Crippen molar-refractivity contribution in [3.63, 3.8) is 0 Å². The molecule has 3 rings (SSSR count). The summed E-state index contributed by atoms with van der Waals surface area (Å²) in [6.07, 6.45) is 1.04. The van der Waals surface area contributed by atoms with Gasteiger partial charge in [0.25, 0.3) is 0 Å². The van der Waals surface area contributed by atoms with E-state index in [2.05, 4.69) is 5.32 Å². The van der Waals surface area contributed by atoms with Crippen LogP contribution in [0.1, 0.15) is 24.0 Å². The molecule has 0 radical (unpaired) electrons. The van der Waals surface area contributed by atoms with Crippen molar-refractivity contribution in [3.8, 4) is 0 Å². The summed E-state index contributed by atoms with van der Waals surface area (Å²) in [6, 6.07) is 14.1. The molecule has 0 bridgehead atoms. The second-order valence-electron chi connectivity index (χ2n) is 6.90. The molecule has 5 nitrogen and oxygen atoms in total. The molecule has 1 aliphatic rings. The maximum Gasteiger partial charge on any atom is 0.223 e. The first kappa shape index (κ1) is 21.1. The fourth-order valence-electron chi connectivity index (χ4n) is 3.21. The van der Waals surface area contributed by atoms with E-state index in [4.69, 9.17) is 23.2 Å². The maximum atomic E-state index is 12.6. The molecule has 1 saturated heterocycles. The van der Waals surface area contributed by atoms with E-state index < -0.39 is 10.0 Å². The molecular formula is C20H22Cl2N2O3S. The summed E-state index contributed by atoms with van der Waals surface area (Å²) in [6.45, 7) is 1.15. The van der Waals surface area contributed by atoms with E-state index in [0.29, 0.717) is 48.1 Å². The number of rotatable bonds is 6. The van der Waals surface area contributed by atoms with Gasteiger partial charge in [-0.05, 0) is 48.2 Å². The summed E-state index contributed by atoms with van der Waals surface area (Å²) in [4.78, 5) is 12.4. The summed E-state index contributed by atoms with van der Waals surface area (Å²) >= 11 is 11.7. The molecule has 0 aromatic heterocycles. The van der Waals surface area contributed by atoms with Gasteiger partial charge in [0.2, 0.25) is 15.9 Å². The summed E-state index contributed by atoms with van der Waals surface area (Å²) in [7, 11) is -3.41. The van der Waals surface area contributed by atoms with Crippen LogP contribution in [0.4, 0.5) is 0 Å². The van der Waals surface area contributed by atoms with Crippen LogP contribution in [-0.2, 0) is 27.1 Å². The Morgan fingerprint density at radius 3 is 1.96 bits per heavy atom. The Labute approximate surface area is 175 Å². The van der Waals surface area contributed by atoms with Crippen molar-refractivity contribution in [2.24, 2.45) is 5.92 Å². The number of hydrogen-bond donors (Lipinski definition) is 1. The van der Waals surface area contributed by atoms with Gasteiger partial charge in [-0.25, -0.2) is 12.7 Å². The molecule has 1 N–H and O–H groups in total. The Morgan fingerprint density at radius 1 is 0.929 bits per heavy atom. The quantitative estimate of drug-likeness (QED) is 0.741. The highest BCUT2D eigenvalue weighted by molar-refractivity contribution is 7.88. The third-order valence-electron chi connectivity index (χ3n) is 4.86. The second kappa shape index (κ2) is 9.27. The lowest BCUT2D eigenvalue weighted by molar-refractivity contribution is -0.126. The Kier molecular flexibility index (Phi) is 6.99. The molecule has 2 aromatic carbocycles. The van der Waals surface area contributed by atoms with E-state index in [1.165, 1.54) is 4.31 Å². The SMILES string of the molecule is O=C(NCc1ccc(Cl)cc1)C1CCN(S(=O)(=O)Cc2ccc(Cl)cc2)CC1. The van der Waals surface area contributed by atoms with Gasteiger partial charge in [-0.2, -0.15) is 0 Å². The van der Waals surface area contributed by atoms with Gasteiger partial charge in [0, 0.05) is 35.6 Å². The molecule has 0 aliphatic carbocycles. The van der Waals surface area contributed by atoms with Crippen molar-refractivity contribution in [3.05, 3.63) is 69.7 Å². The minimum Gasteiger partial charge on any atom is -0.352 e. The molecule has 28 heavy (non-hydrogen) atoms. The fraction of sp³-hybridized carbons (Fsp3) is 0.350. The largest absolute Gasteiger partial charge is 0.352 e. The summed E-state index contributed by atoms with van der Waals surface area (Å²) in [5.41, 5.74) is 1.67. The van der Waals surface area contributed by atoms with Crippen LogP contribution in [0.5, 0.6) is 0 Å². The van der Waals surface area contributed by atoms with E-state index in [-0.39, 0.29) is 17.6 Å². The van der Waals surface area contributed by atoms with Crippen molar-refractivity contribution < 1.29 is 13.2 Å². The number of halogens is 2. The first-order valence-corrected chi connectivity index (χ1v) is 11.4. The van der Waals surface area contributed by atoms with Gasteiger partial charge >= 0.3 is 0 Å². The van der Waals surface area contributed by atoms with E-state index in [9.17, 15) is 13.2 Å². The molecule has 1 heterocycles. The molecule has 0 unspecified atom stereocenters. The van der Waals surface area contributed by atoms with Gasteiger partial charge in [-0.15, -0.1) is 0 Å². The first-order valence-electron chi connectivity index (χ1n) is 9.08. The van der Waals surface area contributed by atoms with Crippen LogP contribution in [0.3, 0.4) is 0 Å². The minimum absolute atomic E-state index is 0.0373. The van der Waals surface area contributed by atoms with Crippen molar-refractivity contribution in [1.29, 1.82) is 0 Å². The Hall–Kier alpha value is -1.60. The van der Waals surface area contributed by atoms with Crippen LogP contribution in [0.25, 0.3) is 0 Å². The van der Waals surface area contributed by atoms with Crippen LogP contribution in [0, 0.1) is 5.92 Å². The maximum absolute atomic E-state index is 12.6. The molecule has 1 fully saturated rings. The molecule has 8 heteroatoms. The zero-order valence-corrected chi connectivity index (χ0v) is 17.6. The van der Waals surface area contributed by atoms with E-state index in [1.807, 2.05) is 12.1 Å². The minimum atomic E-state index is -3.41. The number of nitrogens with zero attached hydrogens (tertiary/aromatic N) is 1. The number of carbonyl (C=O) groups excluding carboxylic acids is 1. The predicted octanol–water partition coefficient (Wildman–Crippen LogP) is 3.85. The lowest BCUT2D eigenvalue weighted by atomic mass is 9.97. The van der Waals surface area contributed by atoms with Crippen molar-refractivity contribution in [2.45, 2.75) is 25.1 Å². The molecule has 1 aliphatic heterocycles. The van der Waals surface area contributed by atoms with Gasteiger partial charge in [0.15, 0.2) is 0 Å². The topological polar surface area (TPSA) is 66.5 Å². The highest BCUT2D eigenvalue weighted by atomic mass is 35.5. The number of hydrogen-bond acceptors (Lipinski definition) is 3. The van der Waals surface area contributed by atoms with E-state index in [1.54, 1.807) is 36.4 Å². The van der Waals surface area contributed by atoms with E-state index >= 15 is 0 Å². The van der Waals surface area contributed by atoms with Gasteiger partial charge in [0.1, 0.15) is 0 Å². The lowest BCUT2D eigenvalue weighted by Crippen LogP contribution is -2.43. The number of amides is 1. The molecular weight excluding hydrogens is 419 g/mol. The Bertz CT molecular complexity index is 907. The fourth-order valence-corrected chi connectivity index (χ4v) is 5.03. The zero-order valence-electron chi connectivity index (χ0n) is 15.3. The third-order valence-corrected chi connectivity index (χ3v) is 7.21. The second-order valence-corrected chi connectivity index (χ2v) is 9.74. The number of nitrogens with one attached hydrogen (secondary N) is 1. The van der Waals surface area contributed by atoms with Crippen LogP contribution in [-0.4, -0.2) is 31.7 Å².